The van der Waals surface area contributed by atoms with Crippen molar-refractivity contribution in [1.29, 1.82) is 0 Å². The van der Waals surface area contributed by atoms with Crippen LogP contribution in [0.15, 0.2) is 24.3 Å². The Kier molecular flexibility index (Phi) is 5.10. The van der Waals surface area contributed by atoms with Crippen LogP contribution in [0.25, 0.3) is 0 Å². The Morgan fingerprint density at radius 2 is 2.12 bits per heavy atom. The topological polar surface area (TPSA) is 27.7 Å². The van der Waals surface area contributed by atoms with Gasteiger partial charge in [-0.25, -0.2) is 0 Å². The van der Waals surface area contributed by atoms with E-state index in [1.165, 1.54) is 0 Å². The van der Waals surface area contributed by atoms with Gasteiger partial charge in [0, 0.05) is 12.3 Å². The highest BCUT2D eigenvalue weighted by Crippen LogP contribution is 2.16. The van der Waals surface area contributed by atoms with Crippen molar-refractivity contribution in [3.8, 4) is 5.75 Å². The minimum absolute atomic E-state index is 0.111. The molecule has 2 rings (SSSR count). The maximum absolute atomic E-state index is 5.76. The van der Waals surface area contributed by atoms with Crippen molar-refractivity contribution in [2.45, 2.75) is 25.0 Å². The first-order valence-corrected chi connectivity index (χ1v) is 6.43. The van der Waals surface area contributed by atoms with Crippen molar-refractivity contribution in [2.75, 3.05) is 19.8 Å². The predicted octanol–water partition coefficient (Wildman–Crippen LogP) is 2.96. The van der Waals surface area contributed by atoms with Gasteiger partial charge in [-0.2, -0.15) is 0 Å². The maximum atomic E-state index is 5.76. The summed E-state index contributed by atoms with van der Waals surface area (Å²) in [5, 5.41) is 0. The third kappa shape index (κ3) is 4.19. The Labute approximate surface area is 107 Å². The van der Waals surface area contributed by atoms with E-state index in [4.69, 9.17) is 25.8 Å². The molecule has 0 spiro atoms. The van der Waals surface area contributed by atoms with Crippen LogP contribution in [0, 0.1) is 0 Å². The Morgan fingerprint density at radius 3 is 2.88 bits per heavy atom. The lowest BCUT2D eigenvalue weighted by Gasteiger charge is -2.23. The van der Waals surface area contributed by atoms with Crippen LogP contribution in [-0.4, -0.2) is 26.1 Å². The number of hydrogen-bond acceptors (Lipinski definition) is 3. The Hall–Kier alpha value is -0.770. The number of rotatable bonds is 5. The summed E-state index contributed by atoms with van der Waals surface area (Å²) in [5.74, 6) is 1.35. The molecule has 17 heavy (non-hydrogen) atoms. The fourth-order valence-corrected chi connectivity index (χ4v) is 1.86. The summed E-state index contributed by atoms with van der Waals surface area (Å²) in [7, 11) is 0. The molecule has 1 aromatic carbocycles. The molecule has 1 saturated heterocycles. The first kappa shape index (κ1) is 12.7. The molecule has 0 aromatic heterocycles. The van der Waals surface area contributed by atoms with E-state index in [1.807, 2.05) is 24.3 Å². The molecule has 0 bridgehead atoms. The molecule has 1 aromatic rings. The molecule has 0 radical (unpaired) electrons. The smallest absolute Gasteiger partial charge is 0.160 e. The van der Waals surface area contributed by atoms with Crippen molar-refractivity contribution in [2.24, 2.45) is 0 Å². The molecular weight excluding hydrogens is 240 g/mol. The molecule has 1 fully saturated rings. The van der Waals surface area contributed by atoms with E-state index >= 15 is 0 Å². The summed E-state index contributed by atoms with van der Waals surface area (Å²) in [6.45, 7) is 2.16. The third-order valence-electron chi connectivity index (χ3n) is 2.57. The van der Waals surface area contributed by atoms with Crippen LogP contribution < -0.4 is 4.74 Å². The number of halogens is 1. The zero-order valence-corrected chi connectivity index (χ0v) is 10.5. The molecule has 4 heteroatoms. The van der Waals surface area contributed by atoms with Gasteiger partial charge in [0.25, 0.3) is 0 Å². The molecule has 0 unspecified atom stereocenters. The molecule has 1 heterocycles. The molecule has 1 aliphatic heterocycles. The summed E-state index contributed by atoms with van der Waals surface area (Å²) in [6, 6.07) is 7.81. The second kappa shape index (κ2) is 6.84. The lowest BCUT2D eigenvalue weighted by Crippen LogP contribution is -2.26. The van der Waals surface area contributed by atoms with Crippen LogP contribution in [0.5, 0.6) is 5.75 Å². The van der Waals surface area contributed by atoms with Crippen molar-refractivity contribution >= 4 is 11.6 Å². The number of alkyl halides is 1. The molecule has 0 atom stereocenters. The minimum atomic E-state index is -0.111. The van der Waals surface area contributed by atoms with E-state index in [1.54, 1.807) is 0 Å². The second-order valence-electron chi connectivity index (χ2n) is 3.94. The highest BCUT2D eigenvalue weighted by atomic mass is 35.5. The van der Waals surface area contributed by atoms with Gasteiger partial charge in [-0.15, -0.1) is 11.6 Å². The Balaban J connectivity index is 1.73. The van der Waals surface area contributed by atoms with Gasteiger partial charge in [-0.3, -0.25) is 0 Å². The highest BCUT2D eigenvalue weighted by Gasteiger charge is 2.13. The normalized spacial score (nSPS) is 17.0. The van der Waals surface area contributed by atoms with Crippen molar-refractivity contribution in [3.63, 3.8) is 0 Å². The summed E-state index contributed by atoms with van der Waals surface area (Å²) >= 11 is 5.76. The van der Waals surface area contributed by atoms with Crippen molar-refractivity contribution in [3.05, 3.63) is 29.8 Å². The summed E-state index contributed by atoms with van der Waals surface area (Å²) in [4.78, 5) is 0. The van der Waals surface area contributed by atoms with E-state index in [9.17, 15) is 0 Å². The first-order chi connectivity index (χ1) is 8.38. The van der Waals surface area contributed by atoms with E-state index in [0.29, 0.717) is 12.5 Å². The highest BCUT2D eigenvalue weighted by molar-refractivity contribution is 6.17. The SMILES string of the molecule is ClCc1cccc(OCCC2OCCCO2)c1. The quantitative estimate of drug-likeness (QED) is 0.758. The lowest BCUT2D eigenvalue weighted by atomic mass is 10.2. The molecule has 94 valence electrons. The molecule has 0 saturated carbocycles. The number of ether oxygens (including phenoxy) is 3. The van der Waals surface area contributed by atoms with Crippen LogP contribution in [0.3, 0.4) is 0 Å². The zero-order valence-electron chi connectivity index (χ0n) is 9.73. The Bertz CT molecular complexity index is 337. The van der Waals surface area contributed by atoms with Gasteiger partial charge in [-0.1, -0.05) is 12.1 Å². The van der Waals surface area contributed by atoms with Crippen molar-refractivity contribution < 1.29 is 14.2 Å². The van der Waals surface area contributed by atoms with Crippen LogP contribution in [-0.2, 0) is 15.4 Å². The fourth-order valence-electron chi connectivity index (χ4n) is 1.69. The molecule has 1 aliphatic rings. The van der Waals surface area contributed by atoms with Crippen LogP contribution in [0.4, 0.5) is 0 Å². The Morgan fingerprint density at radius 1 is 1.29 bits per heavy atom. The largest absolute Gasteiger partial charge is 0.493 e. The summed E-state index contributed by atoms with van der Waals surface area (Å²) < 4.78 is 16.5. The van der Waals surface area contributed by atoms with E-state index in [2.05, 4.69) is 0 Å². The molecular formula is C13H17ClO3. The summed E-state index contributed by atoms with van der Waals surface area (Å²) in [6.07, 6.45) is 1.63. The molecule has 0 aliphatic carbocycles. The molecule has 0 N–H and O–H groups in total. The van der Waals surface area contributed by atoms with Crippen LogP contribution >= 0.6 is 11.6 Å². The van der Waals surface area contributed by atoms with Gasteiger partial charge in [0.05, 0.1) is 19.8 Å². The molecule has 0 amide bonds. The van der Waals surface area contributed by atoms with Gasteiger partial charge < -0.3 is 14.2 Å². The minimum Gasteiger partial charge on any atom is -0.493 e. The summed E-state index contributed by atoms with van der Waals surface area (Å²) in [5.41, 5.74) is 1.06. The zero-order chi connectivity index (χ0) is 11.9. The van der Waals surface area contributed by atoms with Crippen LogP contribution in [0.1, 0.15) is 18.4 Å². The molecule has 3 nitrogen and oxygen atoms in total. The lowest BCUT2D eigenvalue weighted by molar-refractivity contribution is -0.183. The van der Waals surface area contributed by atoms with Gasteiger partial charge in [-0.05, 0) is 24.1 Å². The van der Waals surface area contributed by atoms with Gasteiger partial charge in [0.2, 0.25) is 0 Å². The third-order valence-corrected chi connectivity index (χ3v) is 2.88. The van der Waals surface area contributed by atoms with Crippen LogP contribution in [0.2, 0.25) is 0 Å². The van der Waals surface area contributed by atoms with E-state index in [-0.39, 0.29) is 6.29 Å². The number of benzene rings is 1. The second-order valence-corrected chi connectivity index (χ2v) is 4.21. The van der Waals surface area contributed by atoms with Gasteiger partial charge in [0.15, 0.2) is 6.29 Å². The fraction of sp³-hybridized carbons (Fsp3) is 0.538. The standard InChI is InChI=1S/C13H17ClO3/c14-10-11-3-1-4-12(9-11)15-8-5-13-16-6-2-7-17-13/h1,3-4,9,13H,2,5-8,10H2. The first-order valence-electron chi connectivity index (χ1n) is 5.89. The van der Waals surface area contributed by atoms with Gasteiger partial charge in [0.1, 0.15) is 5.75 Å². The number of hydrogen-bond donors (Lipinski definition) is 0. The average Bonchev–Trinajstić information content (AvgIpc) is 2.40. The monoisotopic (exact) mass is 256 g/mol. The predicted molar refractivity (Wildman–Crippen MR) is 66.4 cm³/mol. The van der Waals surface area contributed by atoms with Crippen molar-refractivity contribution in [1.82, 2.24) is 0 Å². The van der Waals surface area contributed by atoms with E-state index in [0.717, 1.165) is 37.4 Å². The average molecular weight is 257 g/mol. The maximum Gasteiger partial charge on any atom is 0.160 e. The van der Waals surface area contributed by atoms with E-state index < -0.39 is 0 Å². The van der Waals surface area contributed by atoms with Gasteiger partial charge >= 0.3 is 0 Å².